The van der Waals surface area contributed by atoms with Gasteiger partial charge in [0.25, 0.3) is 0 Å². The third-order valence-electron chi connectivity index (χ3n) is 4.17. The smallest absolute Gasteiger partial charge is 0.337 e. The molecule has 0 N–H and O–H groups in total. The zero-order chi connectivity index (χ0) is 16.2. The van der Waals surface area contributed by atoms with E-state index < -0.39 is 0 Å². The first-order valence-corrected chi connectivity index (χ1v) is 7.74. The van der Waals surface area contributed by atoms with Gasteiger partial charge in [0, 0.05) is 18.7 Å². The highest BCUT2D eigenvalue weighted by Gasteiger charge is 2.25. The van der Waals surface area contributed by atoms with E-state index in [-0.39, 0.29) is 11.9 Å². The molecule has 0 spiro atoms. The Bertz CT molecular complexity index is 725. The Balaban J connectivity index is 1.69. The molecule has 0 aromatic heterocycles. The molecular formula is C19H19NO3. The minimum Gasteiger partial charge on any atom is -0.465 e. The maximum absolute atomic E-state index is 12.5. The Morgan fingerprint density at radius 2 is 1.91 bits per heavy atom. The van der Waals surface area contributed by atoms with Crippen LogP contribution < -0.4 is 4.90 Å². The second-order valence-electron chi connectivity index (χ2n) is 5.62. The molecular weight excluding hydrogens is 290 g/mol. The standard InChI is InChI=1S/C19H19NO3/c1-23-19(22)16-8-9-17-15(13-16)11-12-20(17)18(21)10-7-14-5-3-2-4-6-14/h2-6,8-9,13H,7,10-12H2,1H3. The predicted molar refractivity (Wildman–Crippen MR) is 88.6 cm³/mol. The molecule has 118 valence electrons. The van der Waals surface area contributed by atoms with Gasteiger partial charge in [0.05, 0.1) is 12.7 Å². The van der Waals surface area contributed by atoms with Crippen LogP contribution in [0.3, 0.4) is 0 Å². The average Bonchev–Trinajstić information content (AvgIpc) is 3.03. The fourth-order valence-corrected chi connectivity index (χ4v) is 2.94. The van der Waals surface area contributed by atoms with Crippen LogP contribution in [-0.4, -0.2) is 25.5 Å². The molecule has 4 heteroatoms. The zero-order valence-electron chi connectivity index (χ0n) is 13.1. The lowest BCUT2D eigenvalue weighted by atomic mass is 10.1. The number of benzene rings is 2. The summed E-state index contributed by atoms with van der Waals surface area (Å²) in [7, 11) is 1.37. The lowest BCUT2D eigenvalue weighted by molar-refractivity contribution is -0.118. The quantitative estimate of drug-likeness (QED) is 0.816. The van der Waals surface area contributed by atoms with Crippen molar-refractivity contribution in [3.05, 3.63) is 65.2 Å². The largest absolute Gasteiger partial charge is 0.465 e. The third kappa shape index (κ3) is 3.26. The number of methoxy groups -OCH3 is 1. The van der Waals surface area contributed by atoms with E-state index in [2.05, 4.69) is 0 Å². The Kier molecular flexibility index (Phi) is 4.42. The summed E-state index contributed by atoms with van der Waals surface area (Å²) in [6, 6.07) is 15.4. The number of hydrogen-bond acceptors (Lipinski definition) is 3. The van der Waals surface area contributed by atoms with Crippen LogP contribution >= 0.6 is 0 Å². The molecule has 0 radical (unpaired) electrons. The summed E-state index contributed by atoms with van der Waals surface area (Å²) in [6.07, 6.45) is 2.01. The minimum absolute atomic E-state index is 0.124. The molecule has 0 bridgehead atoms. The van der Waals surface area contributed by atoms with E-state index in [1.165, 1.54) is 12.7 Å². The topological polar surface area (TPSA) is 46.6 Å². The molecule has 1 aliphatic heterocycles. The average molecular weight is 309 g/mol. The van der Waals surface area contributed by atoms with Crippen molar-refractivity contribution in [2.45, 2.75) is 19.3 Å². The molecule has 2 aromatic rings. The molecule has 0 fully saturated rings. The number of hydrogen-bond donors (Lipinski definition) is 0. The highest BCUT2D eigenvalue weighted by Crippen LogP contribution is 2.29. The highest BCUT2D eigenvalue weighted by atomic mass is 16.5. The molecule has 0 atom stereocenters. The number of carbonyl (C=O) groups is 2. The number of aryl methyl sites for hydroxylation is 1. The summed E-state index contributed by atoms with van der Waals surface area (Å²) < 4.78 is 4.74. The molecule has 0 aliphatic carbocycles. The van der Waals surface area contributed by atoms with E-state index in [0.29, 0.717) is 18.5 Å². The van der Waals surface area contributed by atoms with Gasteiger partial charge in [-0.25, -0.2) is 4.79 Å². The molecule has 2 aromatic carbocycles. The van der Waals surface area contributed by atoms with Crippen LogP contribution in [0.4, 0.5) is 5.69 Å². The minimum atomic E-state index is -0.346. The van der Waals surface area contributed by atoms with Crippen LogP contribution in [0.2, 0.25) is 0 Å². The number of esters is 1. The summed E-state index contributed by atoms with van der Waals surface area (Å²) in [5.41, 5.74) is 3.64. The van der Waals surface area contributed by atoms with Gasteiger partial charge in [-0.05, 0) is 42.2 Å². The van der Waals surface area contributed by atoms with Gasteiger partial charge in [0.1, 0.15) is 0 Å². The summed E-state index contributed by atoms with van der Waals surface area (Å²) in [4.78, 5) is 25.9. The fourth-order valence-electron chi connectivity index (χ4n) is 2.94. The summed E-state index contributed by atoms with van der Waals surface area (Å²) in [5, 5.41) is 0. The second kappa shape index (κ2) is 6.65. The van der Waals surface area contributed by atoms with Crippen LogP contribution in [0.25, 0.3) is 0 Å². The summed E-state index contributed by atoms with van der Waals surface area (Å²) in [5.74, 6) is -0.222. The first-order chi connectivity index (χ1) is 11.2. The molecule has 23 heavy (non-hydrogen) atoms. The van der Waals surface area contributed by atoms with Crippen LogP contribution in [0.5, 0.6) is 0 Å². The van der Waals surface area contributed by atoms with Gasteiger partial charge in [-0.15, -0.1) is 0 Å². The molecule has 3 rings (SSSR count). The molecule has 0 saturated carbocycles. The van der Waals surface area contributed by atoms with Gasteiger partial charge < -0.3 is 9.64 Å². The van der Waals surface area contributed by atoms with E-state index >= 15 is 0 Å². The van der Waals surface area contributed by atoms with Crippen molar-refractivity contribution in [2.24, 2.45) is 0 Å². The molecule has 1 aliphatic rings. The second-order valence-corrected chi connectivity index (χ2v) is 5.62. The first-order valence-electron chi connectivity index (χ1n) is 7.74. The summed E-state index contributed by atoms with van der Waals surface area (Å²) in [6.45, 7) is 0.674. The number of anilines is 1. The van der Waals surface area contributed by atoms with Gasteiger partial charge in [0.15, 0.2) is 0 Å². The number of amides is 1. The van der Waals surface area contributed by atoms with E-state index in [0.717, 1.165) is 24.1 Å². The fraction of sp³-hybridized carbons (Fsp3) is 0.263. The van der Waals surface area contributed by atoms with Crippen LogP contribution in [-0.2, 0) is 22.4 Å². The van der Waals surface area contributed by atoms with Crippen molar-refractivity contribution in [1.29, 1.82) is 0 Å². The van der Waals surface area contributed by atoms with Crippen molar-refractivity contribution >= 4 is 17.6 Å². The Labute approximate surface area is 135 Å². The number of nitrogens with zero attached hydrogens (tertiary/aromatic N) is 1. The monoisotopic (exact) mass is 309 g/mol. The molecule has 4 nitrogen and oxygen atoms in total. The van der Waals surface area contributed by atoms with Gasteiger partial charge in [-0.1, -0.05) is 30.3 Å². The molecule has 0 saturated heterocycles. The number of ether oxygens (including phenoxy) is 1. The Morgan fingerprint density at radius 3 is 2.65 bits per heavy atom. The van der Waals surface area contributed by atoms with Gasteiger partial charge in [0.2, 0.25) is 5.91 Å². The van der Waals surface area contributed by atoms with Crippen molar-refractivity contribution in [3.63, 3.8) is 0 Å². The van der Waals surface area contributed by atoms with Crippen LogP contribution in [0.1, 0.15) is 27.9 Å². The Morgan fingerprint density at radius 1 is 1.13 bits per heavy atom. The van der Waals surface area contributed by atoms with Crippen molar-refractivity contribution in [1.82, 2.24) is 0 Å². The highest BCUT2D eigenvalue weighted by molar-refractivity contribution is 5.97. The van der Waals surface area contributed by atoms with Gasteiger partial charge >= 0.3 is 5.97 Å². The maximum atomic E-state index is 12.5. The zero-order valence-corrected chi connectivity index (χ0v) is 13.1. The maximum Gasteiger partial charge on any atom is 0.337 e. The van der Waals surface area contributed by atoms with Crippen molar-refractivity contribution in [2.75, 3.05) is 18.6 Å². The SMILES string of the molecule is COC(=O)c1ccc2c(c1)CCN2C(=O)CCc1ccccc1. The van der Waals surface area contributed by atoms with Gasteiger partial charge in [-0.3, -0.25) is 4.79 Å². The van der Waals surface area contributed by atoms with Crippen molar-refractivity contribution < 1.29 is 14.3 Å². The predicted octanol–water partition coefficient (Wildman–Crippen LogP) is 3.00. The number of carbonyl (C=O) groups excluding carboxylic acids is 2. The van der Waals surface area contributed by atoms with E-state index in [9.17, 15) is 9.59 Å². The van der Waals surface area contributed by atoms with Crippen LogP contribution in [0.15, 0.2) is 48.5 Å². The van der Waals surface area contributed by atoms with Crippen LogP contribution in [0, 0.1) is 0 Å². The van der Waals surface area contributed by atoms with E-state index in [1.54, 1.807) is 6.07 Å². The lowest BCUT2D eigenvalue weighted by Crippen LogP contribution is -2.29. The van der Waals surface area contributed by atoms with E-state index in [4.69, 9.17) is 4.74 Å². The molecule has 0 unspecified atom stereocenters. The lowest BCUT2D eigenvalue weighted by Gasteiger charge is -2.17. The summed E-state index contributed by atoms with van der Waals surface area (Å²) >= 11 is 0. The molecule has 1 heterocycles. The van der Waals surface area contributed by atoms with E-state index in [1.807, 2.05) is 47.4 Å². The first kappa shape index (κ1) is 15.3. The normalized spacial score (nSPS) is 12.8. The number of fused-ring (bicyclic) bond motifs is 1. The molecule has 1 amide bonds. The number of rotatable bonds is 4. The Hall–Kier alpha value is -2.62. The van der Waals surface area contributed by atoms with Crippen molar-refractivity contribution in [3.8, 4) is 0 Å². The third-order valence-corrected chi connectivity index (χ3v) is 4.17. The van der Waals surface area contributed by atoms with Gasteiger partial charge in [-0.2, -0.15) is 0 Å².